The summed E-state index contributed by atoms with van der Waals surface area (Å²) in [6.07, 6.45) is 7.07. The van der Waals surface area contributed by atoms with Crippen LogP contribution in [0, 0.1) is 0 Å². The van der Waals surface area contributed by atoms with Crippen molar-refractivity contribution in [3.8, 4) is 0 Å². The molecule has 2 aliphatic heterocycles. The van der Waals surface area contributed by atoms with E-state index < -0.39 is 5.54 Å². The second kappa shape index (κ2) is 3.44. The van der Waals surface area contributed by atoms with Gasteiger partial charge in [0.05, 0.1) is 0 Å². The molecule has 0 radical (unpaired) electrons. The zero-order valence-electron chi connectivity index (χ0n) is 8.03. The number of hydrogen-bond acceptors (Lipinski definition) is 2. The molecule has 2 aliphatic rings. The molecular formula is C10H14N2O2. The largest absolute Gasteiger partial charge is 0.351 e. The SMILES string of the molecule is O=CN1CCCC12CC=CCNC2=O. The van der Waals surface area contributed by atoms with Crippen LogP contribution in [0.4, 0.5) is 0 Å². The summed E-state index contributed by atoms with van der Waals surface area (Å²) in [6, 6.07) is 0. The standard InChI is InChI=1S/C10H14N2O2/c13-8-12-7-3-5-10(12)4-1-2-6-11-9(10)14/h1-2,8H,3-7H2,(H,11,14). The number of carbonyl (C=O) groups excluding carboxylic acids is 2. The maximum absolute atomic E-state index is 11.9. The molecule has 1 unspecified atom stereocenters. The van der Waals surface area contributed by atoms with Gasteiger partial charge < -0.3 is 10.2 Å². The predicted molar refractivity (Wildman–Crippen MR) is 51.5 cm³/mol. The van der Waals surface area contributed by atoms with Gasteiger partial charge in [-0.3, -0.25) is 9.59 Å². The Morgan fingerprint density at radius 1 is 1.50 bits per heavy atom. The summed E-state index contributed by atoms with van der Waals surface area (Å²) in [4.78, 5) is 24.4. The molecule has 1 N–H and O–H groups in total. The second-order valence-corrected chi connectivity index (χ2v) is 3.82. The molecule has 0 aliphatic carbocycles. The highest BCUT2D eigenvalue weighted by atomic mass is 16.2. The molecule has 0 aromatic heterocycles. The fourth-order valence-electron chi connectivity index (χ4n) is 2.29. The molecule has 1 fully saturated rings. The Hall–Kier alpha value is -1.32. The Morgan fingerprint density at radius 2 is 2.36 bits per heavy atom. The summed E-state index contributed by atoms with van der Waals surface area (Å²) in [5.41, 5.74) is -0.589. The Bertz CT molecular complexity index is 288. The lowest BCUT2D eigenvalue weighted by Gasteiger charge is -2.32. The maximum Gasteiger partial charge on any atom is 0.246 e. The molecule has 0 aromatic rings. The molecule has 4 heteroatoms. The van der Waals surface area contributed by atoms with Crippen LogP contribution in [0.15, 0.2) is 12.2 Å². The molecule has 2 heterocycles. The van der Waals surface area contributed by atoms with E-state index in [1.54, 1.807) is 4.90 Å². The first-order valence-corrected chi connectivity index (χ1v) is 4.95. The van der Waals surface area contributed by atoms with Gasteiger partial charge in [-0.15, -0.1) is 0 Å². The van der Waals surface area contributed by atoms with E-state index in [0.717, 1.165) is 19.3 Å². The first-order chi connectivity index (χ1) is 6.79. The minimum atomic E-state index is -0.589. The fourth-order valence-corrected chi connectivity index (χ4v) is 2.29. The summed E-state index contributed by atoms with van der Waals surface area (Å²) >= 11 is 0. The third kappa shape index (κ3) is 1.22. The van der Waals surface area contributed by atoms with E-state index >= 15 is 0 Å². The van der Waals surface area contributed by atoms with Crippen molar-refractivity contribution in [2.75, 3.05) is 13.1 Å². The molecular weight excluding hydrogens is 180 g/mol. The average Bonchev–Trinajstić information content (AvgIpc) is 2.51. The summed E-state index contributed by atoms with van der Waals surface area (Å²) in [5.74, 6) is -0.00731. The van der Waals surface area contributed by atoms with Crippen molar-refractivity contribution in [3.63, 3.8) is 0 Å². The summed E-state index contributed by atoms with van der Waals surface area (Å²) < 4.78 is 0. The number of rotatable bonds is 1. The number of nitrogens with zero attached hydrogens (tertiary/aromatic N) is 1. The van der Waals surface area contributed by atoms with Crippen LogP contribution in [-0.4, -0.2) is 35.8 Å². The molecule has 1 saturated heterocycles. The summed E-state index contributed by atoms with van der Waals surface area (Å²) in [6.45, 7) is 1.28. The highest BCUT2D eigenvalue weighted by Crippen LogP contribution is 2.32. The Labute approximate surface area is 83.0 Å². The van der Waals surface area contributed by atoms with Gasteiger partial charge in [-0.1, -0.05) is 12.2 Å². The third-order valence-electron chi connectivity index (χ3n) is 3.09. The first-order valence-electron chi connectivity index (χ1n) is 4.95. The van der Waals surface area contributed by atoms with Gasteiger partial charge in [0.25, 0.3) is 0 Å². The van der Waals surface area contributed by atoms with Crippen LogP contribution in [0.25, 0.3) is 0 Å². The number of carbonyl (C=O) groups is 2. The highest BCUT2D eigenvalue weighted by Gasteiger charge is 2.46. The molecule has 0 bridgehead atoms. The Balaban J connectivity index is 2.30. The number of likely N-dealkylation sites (tertiary alicyclic amines) is 1. The Morgan fingerprint density at radius 3 is 3.14 bits per heavy atom. The molecule has 0 aromatic carbocycles. The maximum atomic E-state index is 11.9. The van der Waals surface area contributed by atoms with E-state index in [4.69, 9.17) is 0 Å². The van der Waals surface area contributed by atoms with E-state index in [1.807, 2.05) is 12.2 Å². The lowest BCUT2D eigenvalue weighted by molar-refractivity contribution is -0.137. The van der Waals surface area contributed by atoms with Crippen molar-refractivity contribution in [2.45, 2.75) is 24.8 Å². The van der Waals surface area contributed by atoms with Crippen molar-refractivity contribution in [1.29, 1.82) is 0 Å². The van der Waals surface area contributed by atoms with Gasteiger partial charge in [-0.05, 0) is 19.3 Å². The van der Waals surface area contributed by atoms with Crippen molar-refractivity contribution in [3.05, 3.63) is 12.2 Å². The van der Waals surface area contributed by atoms with Crippen molar-refractivity contribution >= 4 is 12.3 Å². The monoisotopic (exact) mass is 194 g/mol. The minimum absolute atomic E-state index is 0.00731. The van der Waals surface area contributed by atoms with Crippen LogP contribution in [0.5, 0.6) is 0 Å². The van der Waals surface area contributed by atoms with Gasteiger partial charge in [0.15, 0.2) is 0 Å². The van der Waals surface area contributed by atoms with E-state index in [2.05, 4.69) is 5.32 Å². The van der Waals surface area contributed by atoms with Gasteiger partial charge in [-0.25, -0.2) is 0 Å². The zero-order chi connectivity index (χ0) is 10.0. The van der Waals surface area contributed by atoms with Gasteiger partial charge in [0.2, 0.25) is 12.3 Å². The van der Waals surface area contributed by atoms with E-state index in [1.165, 1.54) is 0 Å². The third-order valence-corrected chi connectivity index (χ3v) is 3.09. The quantitative estimate of drug-likeness (QED) is 0.474. The van der Waals surface area contributed by atoms with Crippen LogP contribution < -0.4 is 5.32 Å². The number of nitrogens with one attached hydrogen (secondary N) is 1. The second-order valence-electron chi connectivity index (χ2n) is 3.82. The van der Waals surface area contributed by atoms with Gasteiger partial charge in [-0.2, -0.15) is 0 Å². The molecule has 2 amide bonds. The molecule has 76 valence electrons. The molecule has 1 spiro atoms. The van der Waals surface area contributed by atoms with E-state index in [-0.39, 0.29) is 5.91 Å². The normalized spacial score (nSPS) is 31.7. The predicted octanol–water partition coefficient (Wildman–Crippen LogP) is 0.0535. The number of hydrogen-bond donors (Lipinski definition) is 1. The van der Waals surface area contributed by atoms with Crippen LogP contribution >= 0.6 is 0 Å². The number of amides is 2. The van der Waals surface area contributed by atoms with Gasteiger partial charge >= 0.3 is 0 Å². The minimum Gasteiger partial charge on any atom is -0.351 e. The van der Waals surface area contributed by atoms with Crippen LogP contribution in [-0.2, 0) is 9.59 Å². The van der Waals surface area contributed by atoms with Gasteiger partial charge in [0, 0.05) is 13.1 Å². The zero-order valence-corrected chi connectivity index (χ0v) is 8.03. The van der Waals surface area contributed by atoms with E-state index in [0.29, 0.717) is 19.5 Å². The lowest BCUT2D eigenvalue weighted by Crippen LogP contribution is -2.54. The Kier molecular flexibility index (Phi) is 2.27. The average molecular weight is 194 g/mol. The molecule has 2 rings (SSSR count). The molecule has 0 saturated carbocycles. The molecule has 4 nitrogen and oxygen atoms in total. The van der Waals surface area contributed by atoms with E-state index in [9.17, 15) is 9.59 Å². The summed E-state index contributed by atoms with van der Waals surface area (Å²) in [5, 5.41) is 2.82. The van der Waals surface area contributed by atoms with Crippen molar-refractivity contribution in [1.82, 2.24) is 10.2 Å². The van der Waals surface area contributed by atoms with Crippen LogP contribution in [0.1, 0.15) is 19.3 Å². The van der Waals surface area contributed by atoms with Crippen LogP contribution in [0.2, 0.25) is 0 Å². The molecule has 1 atom stereocenters. The van der Waals surface area contributed by atoms with Crippen molar-refractivity contribution < 1.29 is 9.59 Å². The van der Waals surface area contributed by atoms with Crippen LogP contribution in [0.3, 0.4) is 0 Å². The fraction of sp³-hybridized carbons (Fsp3) is 0.600. The van der Waals surface area contributed by atoms with Crippen molar-refractivity contribution in [2.24, 2.45) is 0 Å². The van der Waals surface area contributed by atoms with Gasteiger partial charge in [0.1, 0.15) is 5.54 Å². The summed E-state index contributed by atoms with van der Waals surface area (Å²) in [7, 11) is 0. The smallest absolute Gasteiger partial charge is 0.246 e. The first kappa shape index (κ1) is 9.24. The topological polar surface area (TPSA) is 49.4 Å². The highest BCUT2D eigenvalue weighted by molar-refractivity contribution is 5.89. The molecule has 14 heavy (non-hydrogen) atoms. The lowest BCUT2D eigenvalue weighted by atomic mass is 9.91.